The van der Waals surface area contributed by atoms with Crippen molar-refractivity contribution < 1.29 is 20.0 Å². The van der Waals surface area contributed by atoms with Gasteiger partial charge in [-0.05, 0) is 55.0 Å². The number of aryl methyl sites for hydroxylation is 1. The molecule has 0 saturated carbocycles. The second kappa shape index (κ2) is 8.61. The summed E-state index contributed by atoms with van der Waals surface area (Å²) in [5.41, 5.74) is 1.87. The average Bonchev–Trinajstić information content (AvgIpc) is 3.25. The number of rotatable bonds is 6. The highest BCUT2D eigenvalue weighted by molar-refractivity contribution is 5.87. The smallest absolute Gasteiger partial charge is 0.335 e. The number of hydrogen-bond donors (Lipinski definition) is 4. The Morgan fingerprint density at radius 3 is 2.15 bits per heavy atom. The lowest BCUT2D eigenvalue weighted by Gasteiger charge is -2.02. The molecule has 4 rings (SSSR count). The van der Waals surface area contributed by atoms with Crippen molar-refractivity contribution in [3.63, 3.8) is 0 Å². The van der Waals surface area contributed by atoms with Gasteiger partial charge in [0.05, 0.1) is 33.1 Å². The quantitative estimate of drug-likeness (QED) is 0.255. The van der Waals surface area contributed by atoms with Crippen molar-refractivity contribution in [1.82, 2.24) is 19.6 Å². The highest BCUT2D eigenvalue weighted by atomic mass is 17.1. The van der Waals surface area contributed by atoms with Gasteiger partial charge in [0.25, 0.3) is 11.1 Å². The summed E-state index contributed by atoms with van der Waals surface area (Å²) in [7, 11) is 0. The van der Waals surface area contributed by atoms with Gasteiger partial charge in [-0.2, -0.15) is 0 Å². The van der Waals surface area contributed by atoms with Crippen LogP contribution < -0.4 is 21.7 Å². The maximum Gasteiger partial charge on any atom is 0.335 e. The first-order chi connectivity index (χ1) is 15.8. The molecule has 0 fully saturated rings. The van der Waals surface area contributed by atoms with E-state index in [-0.39, 0.29) is 28.5 Å². The van der Waals surface area contributed by atoms with Crippen LogP contribution in [0.4, 0.5) is 0 Å². The van der Waals surface area contributed by atoms with Crippen LogP contribution in [-0.4, -0.2) is 35.9 Å². The van der Waals surface area contributed by atoms with Gasteiger partial charge in [0, 0.05) is 5.69 Å². The third kappa shape index (κ3) is 4.07. The molecule has 0 bridgehead atoms. The summed E-state index contributed by atoms with van der Waals surface area (Å²) in [6.45, 7) is 5.61. The molecule has 4 aromatic rings. The minimum atomic E-state index is -1.06. The molecule has 33 heavy (non-hydrogen) atoms. The summed E-state index contributed by atoms with van der Waals surface area (Å²) in [5.74, 6) is -1.06. The second-order valence-electron chi connectivity index (χ2n) is 7.37. The van der Waals surface area contributed by atoms with Crippen LogP contribution in [0, 0.1) is 6.92 Å². The van der Waals surface area contributed by atoms with E-state index >= 15 is 0 Å². The van der Waals surface area contributed by atoms with E-state index in [4.69, 9.17) is 10.4 Å². The summed E-state index contributed by atoms with van der Waals surface area (Å²) in [5, 5.41) is 24.0. The molecule has 0 saturated heterocycles. The Morgan fingerprint density at radius 2 is 1.58 bits per heavy atom. The molecule has 168 valence electrons. The number of nitrogens with one attached hydrogen (secondary N) is 2. The van der Waals surface area contributed by atoms with Crippen molar-refractivity contribution in [3.05, 3.63) is 102 Å². The van der Waals surface area contributed by atoms with E-state index < -0.39 is 11.5 Å². The Morgan fingerprint density at radius 1 is 1.00 bits per heavy atom. The molecule has 0 atom stereocenters. The van der Waals surface area contributed by atoms with Crippen molar-refractivity contribution in [3.8, 4) is 11.4 Å². The lowest BCUT2D eigenvalue weighted by molar-refractivity contribution is -0.253. The van der Waals surface area contributed by atoms with Crippen LogP contribution in [0.1, 0.15) is 27.2 Å². The van der Waals surface area contributed by atoms with Crippen molar-refractivity contribution in [1.29, 1.82) is 0 Å². The van der Waals surface area contributed by atoms with E-state index in [1.54, 1.807) is 31.2 Å². The Kier molecular flexibility index (Phi) is 5.69. The Labute approximate surface area is 185 Å². The summed E-state index contributed by atoms with van der Waals surface area (Å²) in [6.07, 6.45) is 1.47. The minimum absolute atomic E-state index is 0.0254. The molecule has 0 unspecified atom stereocenters. The Balaban J connectivity index is 1.77. The maximum atomic E-state index is 13.0. The molecule has 10 nitrogen and oxygen atoms in total. The van der Waals surface area contributed by atoms with Crippen molar-refractivity contribution in [2.24, 2.45) is 0 Å². The van der Waals surface area contributed by atoms with Gasteiger partial charge in [0.2, 0.25) is 0 Å². The number of nitrogens with zero attached hydrogens (tertiary/aromatic N) is 2. The monoisotopic (exact) mass is 448 g/mol. The highest BCUT2D eigenvalue weighted by Crippen LogP contribution is 2.10. The van der Waals surface area contributed by atoms with E-state index in [0.29, 0.717) is 22.4 Å². The van der Waals surface area contributed by atoms with Gasteiger partial charge in [-0.25, -0.2) is 19.0 Å². The Bertz CT molecular complexity index is 1550. The third-order valence-corrected chi connectivity index (χ3v) is 5.21. The normalized spacial score (nSPS) is 11.8. The fourth-order valence-corrected chi connectivity index (χ4v) is 3.45. The van der Waals surface area contributed by atoms with Gasteiger partial charge >= 0.3 is 5.97 Å². The Hall–Kier alpha value is -4.41. The molecule has 2 aromatic heterocycles. The summed E-state index contributed by atoms with van der Waals surface area (Å²) in [6, 6.07) is 12.6. The molecule has 0 amide bonds. The molecular formula is C23H20N4O6. The number of carboxylic acid groups (broad SMARTS) is 1. The fraction of sp³-hybridized carbons (Fsp3) is 0.0870. The first-order valence-corrected chi connectivity index (χ1v) is 9.83. The number of benzene rings is 2. The molecule has 2 heterocycles. The van der Waals surface area contributed by atoms with Crippen molar-refractivity contribution in [2.45, 2.75) is 13.5 Å². The van der Waals surface area contributed by atoms with Crippen LogP contribution in [0.3, 0.4) is 0 Å². The zero-order chi connectivity index (χ0) is 23.7. The van der Waals surface area contributed by atoms with E-state index in [0.717, 1.165) is 5.56 Å². The summed E-state index contributed by atoms with van der Waals surface area (Å²) in [4.78, 5) is 41.2. The second-order valence-corrected chi connectivity index (χ2v) is 7.37. The molecule has 0 aliphatic heterocycles. The van der Waals surface area contributed by atoms with Crippen LogP contribution in [0.2, 0.25) is 0 Å². The first kappa shape index (κ1) is 21.8. The third-order valence-electron chi connectivity index (χ3n) is 5.21. The molecule has 0 aliphatic rings. The number of aromatic nitrogens is 4. The van der Waals surface area contributed by atoms with Crippen molar-refractivity contribution >= 4 is 18.6 Å². The van der Waals surface area contributed by atoms with E-state index in [1.807, 2.05) is 0 Å². The lowest BCUT2D eigenvalue weighted by Crippen LogP contribution is -2.34. The molecule has 10 heteroatoms. The molecule has 0 radical (unpaired) electrons. The van der Waals surface area contributed by atoms with E-state index in [9.17, 15) is 14.4 Å². The van der Waals surface area contributed by atoms with E-state index in [2.05, 4.69) is 21.7 Å². The van der Waals surface area contributed by atoms with Crippen LogP contribution in [0.5, 0.6) is 0 Å². The van der Waals surface area contributed by atoms with Gasteiger partial charge in [0.1, 0.15) is 6.61 Å². The fourth-order valence-electron chi connectivity index (χ4n) is 3.45. The van der Waals surface area contributed by atoms with Gasteiger partial charge in [0.15, 0.2) is 0 Å². The number of aromatic amines is 2. The van der Waals surface area contributed by atoms with Gasteiger partial charge in [-0.1, -0.05) is 18.7 Å². The predicted octanol–water partition coefficient (Wildman–Crippen LogP) is 0.880. The van der Waals surface area contributed by atoms with Gasteiger partial charge in [-0.15, -0.1) is 0 Å². The number of H-pyrrole nitrogens is 2. The van der Waals surface area contributed by atoms with Crippen LogP contribution >= 0.6 is 0 Å². The number of carboxylic acids is 1. The number of hydrogen-bond acceptors (Lipinski definition) is 5. The SMILES string of the molecule is C=c1[nH]n(-c2ccc(COO)cc2)c(=O)c1=Cc1c(C)[nH]n(-c2ccc(C(=O)O)cc2)c1=O. The molecular weight excluding hydrogens is 428 g/mol. The van der Waals surface area contributed by atoms with E-state index in [1.165, 1.54) is 39.7 Å². The molecule has 0 aliphatic carbocycles. The number of aromatic carboxylic acids is 1. The lowest BCUT2D eigenvalue weighted by atomic mass is 10.2. The average molecular weight is 448 g/mol. The molecule has 2 aromatic carbocycles. The summed E-state index contributed by atoms with van der Waals surface area (Å²) < 4.78 is 2.59. The maximum absolute atomic E-state index is 13.0. The van der Waals surface area contributed by atoms with Crippen LogP contribution in [-0.2, 0) is 11.5 Å². The topological polar surface area (TPSA) is 142 Å². The van der Waals surface area contributed by atoms with Gasteiger partial charge in [-0.3, -0.25) is 25.0 Å². The van der Waals surface area contributed by atoms with Crippen LogP contribution in [0.25, 0.3) is 24.0 Å². The van der Waals surface area contributed by atoms with Crippen molar-refractivity contribution in [2.75, 3.05) is 0 Å². The molecule has 4 N–H and O–H groups in total. The number of carbonyl (C=O) groups is 1. The highest BCUT2D eigenvalue weighted by Gasteiger charge is 2.13. The largest absolute Gasteiger partial charge is 0.478 e. The standard InChI is InChI=1S/C23H20N4O6/c1-13-19(21(28)26(24-13)17-7-3-15(4-8-17)12-33-32)11-20-14(2)25-27(22(20)29)18-9-5-16(6-10-18)23(30)31/h3-11,24-25,32H,1,12H2,2H3,(H,30,31). The van der Waals surface area contributed by atoms with Crippen LogP contribution in [0.15, 0.2) is 58.1 Å². The predicted molar refractivity (Wildman–Crippen MR) is 120 cm³/mol. The first-order valence-electron chi connectivity index (χ1n) is 9.83. The zero-order valence-corrected chi connectivity index (χ0v) is 17.5. The molecule has 0 spiro atoms. The minimum Gasteiger partial charge on any atom is -0.478 e. The summed E-state index contributed by atoms with van der Waals surface area (Å²) >= 11 is 0. The van der Waals surface area contributed by atoms with Gasteiger partial charge < -0.3 is 5.11 Å². The zero-order valence-electron chi connectivity index (χ0n) is 17.5.